The number of aryl methyl sites for hydroxylation is 2. The van der Waals surface area contributed by atoms with Crippen molar-refractivity contribution in [2.45, 2.75) is 38.9 Å². The number of fused-ring (bicyclic) bond motifs is 1. The molecule has 0 radical (unpaired) electrons. The number of amides is 1. The predicted octanol–water partition coefficient (Wildman–Crippen LogP) is 2.53. The van der Waals surface area contributed by atoms with Gasteiger partial charge in [-0.2, -0.15) is 13.2 Å². The Kier molecular flexibility index (Phi) is 4.78. The predicted molar refractivity (Wildman–Crippen MR) is 84.7 cm³/mol. The Morgan fingerprint density at radius 1 is 1.40 bits per heavy atom. The molecule has 0 saturated carbocycles. The van der Waals surface area contributed by atoms with E-state index in [2.05, 4.69) is 15.3 Å². The molecule has 2 aromatic heterocycles. The fourth-order valence-corrected chi connectivity index (χ4v) is 2.93. The molecule has 1 atom stereocenters. The third-order valence-electron chi connectivity index (χ3n) is 4.31. The Labute approximate surface area is 143 Å². The third-order valence-corrected chi connectivity index (χ3v) is 4.31. The number of carbonyl (C=O) groups is 1. The van der Waals surface area contributed by atoms with Gasteiger partial charge in [0.05, 0.1) is 6.42 Å². The average Bonchev–Trinajstić information content (AvgIpc) is 2.99. The van der Waals surface area contributed by atoms with Gasteiger partial charge in [-0.1, -0.05) is 6.07 Å². The van der Waals surface area contributed by atoms with E-state index >= 15 is 0 Å². The molecule has 0 saturated heterocycles. The maximum atomic E-state index is 12.7. The first-order chi connectivity index (χ1) is 11.8. The van der Waals surface area contributed by atoms with Crippen molar-refractivity contribution in [3.63, 3.8) is 0 Å². The molecule has 134 valence electrons. The minimum atomic E-state index is -4.42. The van der Waals surface area contributed by atoms with E-state index in [0.29, 0.717) is 31.8 Å². The molecule has 3 rings (SSSR count). The van der Waals surface area contributed by atoms with Gasteiger partial charge in [0.15, 0.2) is 5.69 Å². The Balaban J connectivity index is 1.52. The van der Waals surface area contributed by atoms with Gasteiger partial charge in [0.1, 0.15) is 5.82 Å². The molecule has 1 aliphatic rings. The van der Waals surface area contributed by atoms with E-state index < -0.39 is 11.9 Å². The number of hydrogen-bond acceptors (Lipinski definition) is 3. The van der Waals surface area contributed by atoms with Crippen molar-refractivity contribution in [1.29, 1.82) is 0 Å². The van der Waals surface area contributed by atoms with Gasteiger partial charge in [-0.05, 0) is 30.9 Å². The highest BCUT2D eigenvalue weighted by atomic mass is 19.4. The summed E-state index contributed by atoms with van der Waals surface area (Å²) in [6.07, 6.45) is -0.253. The van der Waals surface area contributed by atoms with Crippen molar-refractivity contribution in [3.05, 3.63) is 47.3 Å². The molecule has 1 aliphatic heterocycles. The lowest BCUT2D eigenvalue weighted by Gasteiger charge is -2.23. The van der Waals surface area contributed by atoms with Crippen molar-refractivity contribution in [2.24, 2.45) is 5.92 Å². The number of rotatable bonds is 4. The zero-order valence-electron chi connectivity index (χ0n) is 13.8. The van der Waals surface area contributed by atoms with E-state index in [4.69, 9.17) is 0 Å². The molecule has 0 aromatic carbocycles. The third kappa shape index (κ3) is 4.37. The van der Waals surface area contributed by atoms with Crippen molar-refractivity contribution < 1.29 is 18.0 Å². The Bertz CT molecular complexity index is 752. The van der Waals surface area contributed by atoms with Crippen LogP contribution in [0, 0.1) is 12.8 Å². The number of halogens is 3. The van der Waals surface area contributed by atoms with E-state index in [9.17, 15) is 18.0 Å². The SMILES string of the molecule is Cc1ccc(CC(=O)NC[C@H]2CCc3nc(C(F)(F)F)cn3C2)cn1. The first kappa shape index (κ1) is 17.4. The van der Waals surface area contributed by atoms with Crippen molar-refractivity contribution in [3.8, 4) is 0 Å². The summed E-state index contributed by atoms with van der Waals surface area (Å²) in [6.45, 7) is 2.75. The summed E-state index contributed by atoms with van der Waals surface area (Å²) in [7, 11) is 0. The van der Waals surface area contributed by atoms with Gasteiger partial charge in [0, 0.05) is 37.6 Å². The normalized spacial score (nSPS) is 17.2. The number of hydrogen-bond donors (Lipinski definition) is 1. The summed E-state index contributed by atoms with van der Waals surface area (Å²) in [5.74, 6) is 0.446. The van der Waals surface area contributed by atoms with Crippen molar-refractivity contribution in [1.82, 2.24) is 19.9 Å². The molecule has 25 heavy (non-hydrogen) atoms. The highest BCUT2D eigenvalue weighted by Crippen LogP contribution is 2.30. The summed E-state index contributed by atoms with van der Waals surface area (Å²) < 4.78 is 39.7. The van der Waals surface area contributed by atoms with Crippen LogP contribution in [0.1, 0.15) is 29.2 Å². The molecule has 2 aromatic rings. The van der Waals surface area contributed by atoms with E-state index in [1.807, 2.05) is 19.1 Å². The molecule has 1 amide bonds. The van der Waals surface area contributed by atoms with Gasteiger partial charge in [0.25, 0.3) is 0 Å². The topological polar surface area (TPSA) is 59.8 Å². The van der Waals surface area contributed by atoms with Crippen LogP contribution in [0.2, 0.25) is 0 Å². The van der Waals surface area contributed by atoms with E-state index in [1.54, 1.807) is 10.8 Å². The van der Waals surface area contributed by atoms with E-state index in [1.165, 1.54) is 0 Å². The maximum absolute atomic E-state index is 12.7. The first-order valence-electron chi connectivity index (χ1n) is 8.13. The first-order valence-corrected chi connectivity index (χ1v) is 8.13. The highest BCUT2D eigenvalue weighted by molar-refractivity contribution is 5.78. The molecule has 0 spiro atoms. The van der Waals surface area contributed by atoms with Crippen LogP contribution in [0.25, 0.3) is 0 Å². The Morgan fingerprint density at radius 3 is 2.88 bits per heavy atom. The summed E-state index contributed by atoms with van der Waals surface area (Å²) in [4.78, 5) is 19.8. The number of alkyl halides is 3. The highest BCUT2D eigenvalue weighted by Gasteiger charge is 2.35. The average molecular weight is 352 g/mol. The lowest BCUT2D eigenvalue weighted by atomic mass is 9.99. The van der Waals surface area contributed by atoms with E-state index in [0.717, 1.165) is 17.5 Å². The number of nitrogens with zero attached hydrogens (tertiary/aromatic N) is 3. The minimum Gasteiger partial charge on any atom is -0.355 e. The van der Waals surface area contributed by atoms with Gasteiger partial charge in [-0.15, -0.1) is 0 Å². The number of aromatic nitrogens is 3. The molecule has 0 unspecified atom stereocenters. The minimum absolute atomic E-state index is 0.0999. The van der Waals surface area contributed by atoms with Crippen LogP contribution in [-0.2, 0) is 30.4 Å². The van der Waals surface area contributed by atoms with Crippen LogP contribution >= 0.6 is 0 Å². The molecule has 5 nitrogen and oxygen atoms in total. The standard InChI is InChI=1S/C17H19F3N4O/c1-11-2-3-12(7-21-11)6-16(25)22-8-13-4-5-15-23-14(17(18,19)20)10-24(15)9-13/h2-3,7,10,13H,4-6,8-9H2,1H3,(H,22,25)/t13-/m1/s1. The maximum Gasteiger partial charge on any atom is 0.434 e. The molecule has 3 heterocycles. The van der Waals surface area contributed by atoms with Crippen molar-refractivity contribution in [2.75, 3.05) is 6.54 Å². The van der Waals surface area contributed by atoms with E-state index in [-0.39, 0.29) is 18.2 Å². The van der Waals surface area contributed by atoms with Crippen LogP contribution < -0.4 is 5.32 Å². The van der Waals surface area contributed by atoms with Gasteiger partial charge in [-0.3, -0.25) is 9.78 Å². The summed E-state index contributed by atoms with van der Waals surface area (Å²) >= 11 is 0. The quantitative estimate of drug-likeness (QED) is 0.920. The number of carbonyl (C=O) groups excluding carboxylic acids is 1. The van der Waals surface area contributed by atoms with Gasteiger partial charge < -0.3 is 9.88 Å². The lowest BCUT2D eigenvalue weighted by molar-refractivity contribution is -0.141. The van der Waals surface area contributed by atoms with Gasteiger partial charge >= 0.3 is 6.18 Å². The summed E-state index contributed by atoms with van der Waals surface area (Å²) in [5.41, 5.74) is 0.873. The Hall–Kier alpha value is -2.38. The van der Waals surface area contributed by atoms with Crippen LogP contribution in [0.3, 0.4) is 0 Å². The molecular formula is C17H19F3N4O. The lowest BCUT2D eigenvalue weighted by Crippen LogP contribution is -2.34. The van der Waals surface area contributed by atoms with Gasteiger partial charge in [-0.25, -0.2) is 4.98 Å². The smallest absolute Gasteiger partial charge is 0.355 e. The number of nitrogens with one attached hydrogen (secondary N) is 1. The van der Waals surface area contributed by atoms with Gasteiger partial charge in [0.2, 0.25) is 5.91 Å². The molecule has 1 N–H and O–H groups in total. The van der Waals surface area contributed by atoms with Crippen molar-refractivity contribution >= 4 is 5.91 Å². The second-order valence-corrected chi connectivity index (χ2v) is 6.39. The largest absolute Gasteiger partial charge is 0.434 e. The van der Waals surface area contributed by atoms with Crippen LogP contribution in [0.4, 0.5) is 13.2 Å². The monoisotopic (exact) mass is 352 g/mol. The summed E-state index contributed by atoms with van der Waals surface area (Å²) in [5, 5.41) is 2.86. The zero-order valence-corrected chi connectivity index (χ0v) is 13.8. The fraction of sp³-hybridized carbons (Fsp3) is 0.471. The Morgan fingerprint density at radius 2 is 2.20 bits per heavy atom. The second-order valence-electron chi connectivity index (χ2n) is 6.39. The molecule has 0 aliphatic carbocycles. The number of pyridine rings is 1. The fourth-order valence-electron chi connectivity index (χ4n) is 2.93. The van der Waals surface area contributed by atoms with Crippen LogP contribution in [0.5, 0.6) is 0 Å². The van der Waals surface area contributed by atoms with Crippen LogP contribution in [0.15, 0.2) is 24.5 Å². The zero-order chi connectivity index (χ0) is 18.0. The molecule has 8 heteroatoms. The molecular weight excluding hydrogens is 333 g/mol. The number of imidazole rings is 1. The summed E-state index contributed by atoms with van der Waals surface area (Å²) in [6, 6.07) is 3.71. The molecule has 0 fully saturated rings. The second kappa shape index (κ2) is 6.85. The molecule has 0 bridgehead atoms. The van der Waals surface area contributed by atoms with Crippen LogP contribution in [-0.4, -0.2) is 27.0 Å².